The van der Waals surface area contributed by atoms with Crippen LogP contribution in [0.1, 0.15) is 19.3 Å². The SMILES string of the molecule is O=C(CCN1C(=O)CCC1=O)NCCN1CCOCC1. The minimum atomic E-state index is -0.170. The highest BCUT2D eigenvalue weighted by molar-refractivity contribution is 6.02. The van der Waals surface area contributed by atoms with Crippen LogP contribution in [0.25, 0.3) is 0 Å². The van der Waals surface area contributed by atoms with Gasteiger partial charge in [0.25, 0.3) is 0 Å². The van der Waals surface area contributed by atoms with Crippen LogP contribution in [-0.4, -0.2) is 73.5 Å². The van der Waals surface area contributed by atoms with E-state index in [4.69, 9.17) is 4.74 Å². The lowest BCUT2D eigenvalue weighted by Gasteiger charge is -2.26. The lowest BCUT2D eigenvalue weighted by Crippen LogP contribution is -2.42. The molecule has 1 N–H and O–H groups in total. The van der Waals surface area contributed by atoms with E-state index in [-0.39, 0.29) is 43.5 Å². The molecule has 0 saturated carbocycles. The fraction of sp³-hybridized carbons (Fsp3) is 0.769. The largest absolute Gasteiger partial charge is 0.379 e. The molecule has 112 valence electrons. The normalized spacial score (nSPS) is 20.5. The first-order valence-electron chi connectivity index (χ1n) is 7.07. The molecule has 0 aliphatic carbocycles. The van der Waals surface area contributed by atoms with E-state index in [1.165, 1.54) is 4.90 Å². The molecule has 2 saturated heterocycles. The molecule has 0 unspecified atom stereocenters. The van der Waals surface area contributed by atoms with E-state index in [0.717, 1.165) is 32.8 Å². The van der Waals surface area contributed by atoms with Crippen LogP contribution in [-0.2, 0) is 19.1 Å². The van der Waals surface area contributed by atoms with Gasteiger partial charge in [-0.05, 0) is 0 Å². The van der Waals surface area contributed by atoms with Gasteiger partial charge in [-0.15, -0.1) is 0 Å². The second kappa shape index (κ2) is 7.35. The predicted octanol–water partition coefficient (Wildman–Crippen LogP) is -1.03. The summed E-state index contributed by atoms with van der Waals surface area (Å²) in [6.45, 7) is 4.86. The molecule has 0 aromatic heterocycles. The standard InChI is InChI=1S/C13H21N3O4/c17-11(3-5-16-12(18)1-2-13(16)19)14-4-6-15-7-9-20-10-8-15/h1-10H2,(H,14,17). The maximum Gasteiger partial charge on any atom is 0.229 e. The number of nitrogens with zero attached hydrogens (tertiary/aromatic N) is 2. The molecule has 2 aliphatic heterocycles. The van der Waals surface area contributed by atoms with E-state index in [1.807, 2.05) is 0 Å². The summed E-state index contributed by atoms with van der Waals surface area (Å²) in [5.41, 5.74) is 0. The van der Waals surface area contributed by atoms with Crippen LogP contribution < -0.4 is 5.32 Å². The van der Waals surface area contributed by atoms with Gasteiger partial charge in [0.2, 0.25) is 17.7 Å². The van der Waals surface area contributed by atoms with Crippen molar-refractivity contribution in [3.05, 3.63) is 0 Å². The van der Waals surface area contributed by atoms with Crippen LogP contribution in [0.5, 0.6) is 0 Å². The van der Waals surface area contributed by atoms with Crippen molar-refractivity contribution >= 4 is 17.7 Å². The molecule has 0 spiro atoms. The molecule has 3 amide bonds. The Bertz CT molecular complexity index is 364. The van der Waals surface area contributed by atoms with Crippen molar-refractivity contribution in [1.82, 2.24) is 15.1 Å². The van der Waals surface area contributed by atoms with Crippen molar-refractivity contribution in [3.8, 4) is 0 Å². The highest BCUT2D eigenvalue weighted by atomic mass is 16.5. The third kappa shape index (κ3) is 4.28. The van der Waals surface area contributed by atoms with Gasteiger partial charge in [-0.25, -0.2) is 0 Å². The number of rotatable bonds is 6. The van der Waals surface area contributed by atoms with E-state index in [9.17, 15) is 14.4 Å². The zero-order valence-electron chi connectivity index (χ0n) is 11.6. The molecule has 2 fully saturated rings. The van der Waals surface area contributed by atoms with Gasteiger partial charge >= 0.3 is 0 Å². The molecule has 2 aliphatic rings. The number of carbonyl (C=O) groups is 3. The first kappa shape index (κ1) is 14.9. The monoisotopic (exact) mass is 283 g/mol. The summed E-state index contributed by atoms with van der Waals surface area (Å²) in [6, 6.07) is 0. The molecule has 7 nitrogen and oxygen atoms in total. The molecule has 0 bridgehead atoms. The lowest BCUT2D eigenvalue weighted by molar-refractivity contribution is -0.138. The fourth-order valence-electron chi connectivity index (χ4n) is 2.35. The van der Waals surface area contributed by atoms with Crippen molar-refractivity contribution in [2.75, 3.05) is 45.9 Å². The summed E-state index contributed by atoms with van der Waals surface area (Å²) >= 11 is 0. The number of morpholine rings is 1. The third-order valence-corrected chi connectivity index (χ3v) is 3.57. The van der Waals surface area contributed by atoms with Gasteiger partial charge in [0.05, 0.1) is 13.2 Å². The van der Waals surface area contributed by atoms with Gasteiger partial charge in [0, 0.05) is 52.0 Å². The molecule has 2 rings (SSSR count). The van der Waals surface area contributed by atoms with Gasteiger partial charge < -0.3 is 10.1 Å². The number of hydrogen-bond donors (Lipinski definition) is 1. The second-order valence-corrected chi connectivity index (χ2v) is 4.99. The predicted molar refractivity (Wildman–Crippen MR) is 70.8 cm³/mol. The van der Waals surface area contributed by atoms with E-state index in [0.29, 0.717) is 6.54 Å². The molecule has 7 heteroatoms. The Morgan fingerprint density at radius 1 is 1.10 bits per heavy atom. The Morgan fingerprint density at radius 2 is 1.75 bits per heavy atom. The lowest BCUT2D eigenvalue weighted by atomic mass is 10.3. The Kier molecular flexibility index (Phi) is 5.49. The summed E-state index contributed by atoms with van der Waals surface area (Å²) in [6.07, 6.45) is 0.732. The Hall–Kier alpha value is -1.47. The molecule has 2 heterocycles. The van der Waals surface area contributed by atoms with Gasteiger partial charge in [-0.1, -0.05) is 0 Å². The number of likely N-dealkylation sites (tertiary alicyclic amines) is 1. The molecular weight excluding hydrogens is 262 g/mol. The zero-order valence-corrected chi connectivity index (χ0v) is 11.6. The summed E-state index contributed by atoms with van der Waals surface area (Å²) in [5, 5.41) is 2.81. The maximum absolute atomic E-state index is 11.7. The summed E-state index contributed by atoms with van der Waals surface area (Å²) in [5.74, 6) is -0.460. The topological polar surface area (TPSA) is 79.0 Å². The molecule has 0 radical (unpaired) electrons. The zero-order chi connectivity index (χ0) is 14.4. The van der Waals surface area contributed by atoms with Crippen LogP contribution in [0.2, 0.25) is 0 Å². The maximum atomic E-state index is 11.7. The smallest absolute Gasteiger partial charge is 0.229 e. The van der Waals surface area contributed by atoms with Gasteiger partial charge in [0.15, 0.2) is 0 Å². The highest BCUT2D eigenvalue weighted by Crippen LogP contribution is 2.11. The van der Waals surface area contributed by atoms with Gasteiger partial charge in [-0.2, -0.15) is 0 Å². The minimum absolute atomic E-state index is 0.120. The second-order valence-electron chi connectivity index (χ2n) is 4.99. The summed E-state index contributed by atoms with van der Waals surface area (Å²) in [4.78, 5) is 37.8. The van der Waals surface area contributed by atoms with Crippen LogP contribution in [0, 0.1) is 0 Å². The third-order valence-electron chi connectivity index (χ3n) is 3.57. The average Bonchev–Trinajstić information content (AvgIpc) is 2.77. The van der Waals surface area contributed by atoms with Crippen LogP contribution in [0.15, 0.2) is 0 Å². The minimum Gasteiger partial charge on any atom is -0.379 e. The summed E-state index contributed by atoms with van der Waals surface area (Å²) < 4.78 is 5.24. The molecular formula is C13H21N3O4. The highest BCUT2D eigenvalue weighted by Gasteiger charge is 2.28. The van der Waals surface area contributed by atoms with E-state index in [2.05, 4.69) is 10.2 Å². The molecule has 0 aromatic carbocycles. The van der Waals surface area contributed by atoms with Crippen molar-refractivity contribution in [2.45, 2.75) is 19.3 Å². The number of ether oxygens (including phenoxy) is 1. The molecule has 0 aromatic rings. The van der Waals surface area contributed by atoms with Crippen molar-refractivity contribution in [1.29, 1.82) is 0 Å². The number of nitrogens with one attached hydrogen (secondary N) is 1. The van der Waals surface area contributed by atoms with E-state index >= 15 is 0 Å². The van der Waals surface area contributed by atoms with E-state index < -0.39 is 0 Å². The van der Waals surface area contributed by atoms with Crippen LogP contribution in [0.3, 0.4) is 0 Å². The Morgan fingerprint density at radius 3 is 2.40 bits per heavy atom. The molecule has 0 atom stereocenters. The van der Waals surface area contributed by atoms with Gasteiger partial charge in [0.1, 0.15) is 0 Å². The number of imide groups is 1. The van der Waals surface area contributed by atoms with E-state index in [1.54, 1.807) is 0 Å². The molecule has 20 heavy (non-hydrogen) atoms. The number of amides is 3. The first-order valence-corrected chi connectivity index (χ1v) is 7.07. The van der Waals surface area contributed by atoms with Crippen LogP contribution >= 0.6 is 0 Å². The Labute approximate surface area is 118 Å². The van der Waals surface area contributed by atoms with Crippen molar-refractivity contribution in [3.63, 3.8) is 0 Å². The fourth-order valence-corrected chi connectivity index (χ4v) is 2.35. The van der Waals surface area contributed by atoms with Crippen LogP contribution in [0.4, 0.5) is 0 Å². The van der Waals surface area contributed by atoms with Crippen molar-refractivity contribution in [2.24, 2.45) is 0 Å². The quantitative estimate of drug-likeness (QED) is 0.631. The number of hydrogen-bond acceptors (Lipinski definition) is 5. The first-order chi connectivity index (χ1) is 9.66. The summed E-state index contributed by atoms with van der Waals surface area (Å²) in [7, 11) is 0. The Balaban J connectivity index is 1.58. The van der Waals surface area contributed by atoms with Crippen molar-refractivity contribution < 1.29 is 19.1 Å². The average molecular weight is 283 g/mol. The number of carbonyl (C=O) groups excluding carboxylic acids is 3. The van der Waals surface area contributed by atoms with Gasteiger partial charge in [-0.3, -0.25) is 24.2 Å².